The maximum atomic E-state index is 12.6. The molecule has 3 nitrogen and oxygen atoms in total. The molecule has 1 N–H and O–H groups in total. The van der Waals surface area contributed by atoms with E-state index in [2.05, 4.69) is 5.32 Å². The van der Waals surface area contributed by atoms with Crippen molar-refractivity contribution in [2.24, 2.45) is 5.41 Å². The number of piperidine rings is 2. The van der Waals surface area contributed by atoms with E-state index < -0.39 is 0 Å². The first-order valence-corrected chi connectivity index (χ1v) is 8.24. The normalized spacial score (nSPS) is 21.5. The number of aryl methyl sites for hydroxylation is 1. The SMILES string of the molecule is Cc1ccc(C(=O)N2CCC3(CCNCC3)CC2)c(Cl)c1. The van der Waals surface area contributed by atoms with Crippen LogP contribution in [0.3, 0.4) is 0 Å². The highest BCUT2D eigenvalue weighted by molar-refractivity contribution is 6.33. The quantitative estimate of drug-likeness (QED) is 0.864. The summed E-state index contributed by atoms with van der Waals surface area (Å²) in [6.45, 7) is 5.96. The fraction of sp³-hybridized carbons (Fsp3) is 0.588. The number of amides is 1. The summed E-state index contributed by atoms with van der Waals surface area (Å²) < 4.78 is 0. The van der Waals surface area contributed by atoms with Crippen LogP contribution in [-0.2, 0) is 0 Å². The second-order valence-corrected chi connectivity index (χ2v) is 6.93. The van der Waals surface area contributed by atoms with Gasteiger partial charge in [0.25, 0.3) is 5.91 Å². The molecule has 2 fully saturated rings. The summed E-state index contributed by atoms with van der Waals surface area (Å²) in [6.07, 6.45) is 4.76. The molecule has 1 aromatic rings. The molecule has 2 aliphatic heterocycles. The Kier molecular flexibility index (Phi) is 4.23. The lowest BCUT2D eigenvalue weighted by atomic mass is 9.71. The third-order valence-corrected chi connectivity index (χ3v) is 5.44. The molecule has 3 rings (SSSR count). The molecule has 0 aliphatic carbocycles. The van der Waals surface area contributed by atoms with Crippen molar-refractivity contribution in [2.75, 3.05) is 26.2 Å². The second-order valence-electron chi connectivity index (χ2n) is 6.53. The second kappa shape index (κ2) is 5.98. The number of carbonyl (C=O) groups excluding carboxylic acids is 1. The lowest BCUT2D eigenvalue weighted by Gasteiger charge is -2.44. The van der Waals surface area contributed by atoms with Crippen LogP contribution in [0.25, 0.3) is 0 Å². The third-order valence-electron chi connectivity index (χ3n) is 5.13. The summed E-state index contributed by atoms with van der Waals surface area (Å²) in [5.74, 6) is 0.0868. The molecule has 0 bridgehead atoms. The molecule has 0 atom stereocenters. The highest BCUT2D eigenvalue weighted by Crippen LogP contribution is 2.39. The minimum Gasteiger partial charge on any atom is -0.339 e. The van der Waals surface area contributed by atoms with Crippen molar-refractivity contribution < 1.29 is 4.79 Å². The lowest BCUT2D eigenvalue weighted by Crippen LogP contribution is -2.47. The molecule has 1 aromatic carbocycles. The number of nitrogens with one attached hydrogen (secondary N) is 1. The molecule has 1 spiro atoms. The fourth-order valence-corrected chi connectivity index (χ4v) is 3.92. The standard InChI is InChI=1S/C17H23ClN2O/c1-13-2-3-14(15(18)12-13)16(21)20-10-6-17(7-11-20)4-8-19-9-5-17/h2-3,12,19H,4-11H2,1H3. The van der Waals surface area contributed by atoms with Gasteiger partial charge in [0, 0.05) is 13.1 Å². The Labute approximate surface area is 131 Å². The Bertz CT molecular complexity index is 528. The van der Waals surface area contributed by atoms with Crippen LogP contribution in [0.5, 0.6) is 0 Å². The van der Waals surface area contributed by atoms with Crippen LogP contribution >= 0.6 is 11.6 Å². The molecule has 2 aliphatic rings. The maximum Gasteiger partial charge on any atom is 0.255 e. The molecule has 0 saturated carbocycles. The van der Waals surface area contributed by atoms with Gasteiger partial charge < -0.3 is 10.2 Å². The molecule has 2 heterocycles. The predicted molar refractivity (Wildman–Crippen MR) is 85.9 cm³/mol. The van der Waals surface area contributed by atoms with Crippen molar-refractivity contribution >= 4 is 17.5 Å². The Balaban J connectivity index is 1.67. The molecule has 4 heteroatoms. The highest BCUT2D eigenvalue weighted by atomic mass is 35.5. The van der Waals surface area contributed by atoms with Gasteiger partial charge in [-0.2, -0.15) is 0 Å². The van der Waals surface area contributed by atoms with Crippen molar-refractivity contribution in [2.45, 2.75) is 32.6 Å². The van der Waals surface area contributed by atoms with E-state index in [-0.39, 0.29) is 5.91 Å². The van der Waals surface area contributed by atoms with E-state index in [9.17, 15) is 4.79 Å². The topological polar surface area (TPSA) is 32.3 Å². The van der Waals surface area contributed by atoms with Crippen LogP contribution in [0.2, 0.25) is 5.02 Å². The number of likely N-dealkylation sites (tertiary alicyclic amines) is 1. The molecular formula is C17H23ClN2O. The van der Waals surface area contributed by atoms with Gasteiger partial charge in [-0.05, 0) is 68.8 Å². The van der Waals surface area contributed by atoms with Crippen molar-refractivity contribution in [1.82, 2.24) is 10.2 Å². The molecule has 0 radical (unpaired) electrons. The van der Waals surface area contributed by atoms with Gasteiger partial charge in [0.2, 0.25) is 0 Å². The first-order valence-electron chi connectivity index (χ1n) is 7.86. The van der Waals surface area contributed by atoms with E-state index in [4.69, 9.17) is 11.6 Å². The van der Waals surface area contributed by atoms with Gasteiger partial charge in [0.05, 0.1) is 10.6 Å². The van der Waals surface area contributed by atoms with Crippen LogP contribution in [-0.4, -0.2) is 37.0 Å². The molecule has 0 unspecified atom stereocenters. The maximum absolute atomic E-state index is 12.6. The van der Waals surface area contributed by atoms with Crippen LogP contribution in [0.15, 0.2) is 18.2 Å². The summed E-state index contributed by atoms with van der Waals surface area (Å²) in [4.78, 5) is 14.6. The monoisotopic (exact) mass is 306 g/mol. The number of hydrogen-bond donors (Lipinski definition) is 1. The van der Waals surface area contributed by atoms with Gasteiger partial charge in [-0.3, -0.25) is 4.79 Å². The summed E-state index contributed by atoms with van der Waals surface area (Å²) >= 11 is 6.23. The third kappa shape index (κ3) is 3.09. The van der Waals surface area contributed by atoms with Crippen molar-refractivity contribution in [3.63, 3.8) is 0 Å². The minimum absolute atomic E-state index is 0.0868. The van der Waals surface area contributed by atoms with Crippen molar-refractivity contribution in [3.8, 4) is 0 Å². The van der Waals surface area contributed by atoms with E-state index in [1.54, 1.807) is 0 Å². The van der Waals surface area contributed by atoms with Crippen LogP contribution in [0.1, 0.15) is 41.6 Å². The average Bonchev–Trinajstić information content (AvgIpc) is 2.48. The first kappa shape index (κ1) is 14.9. The van der Waals surface area contributed by atoms with Crippen LogP contribution in [0, 0.1) is 12.3 Å². The number of rotatable bonds is 1. The van der Waals surface area contributed by atoms with Crippen molar-refractivity contribution in [3.05, 3.63) is 34.3 Å². The zero-order valence-corrected chi connectivity index (χ0v) is 13.4. The van der Waals surface area contributed by atoms with E-state index in [0.717, 1.165) is 44.6 Å². The number of carbonyl (C=O) groups is 1. The molecule has 2 saturated heterocycles. The molecule has 0 aromatic heterocycles. The Morgan fingerprint density at radius 1 is 1.19 bits per heavy atom. The van der Waals surface area contributed by atoms with Crippen molar-refractivity contribution in [1.29, 1.82) is 0 Å². The Hall–Kier alpha value is -1.06. The molecule has 114 valence electrons. The van der Waals surface area contributed by atoms with Gasteiger partial charge in [-0.25, -0.2) is 0 Å². The van der Waals surface area contributed by atoms with E-state index in [1.165, 1.54) is 12.8 Å². The Morgan fingerprint density at radius 2 is 1.86 bits per heavy atom. The number of nitrogens with zero attached hydrogens (tertiary/aromatic N) is 1. The summed E-state index contributed by atoms with van der Waals surface area (Å²) in [7, 11) is 0. The van der Waals surface area contributed by atoms with Gasteiger partial charge >= 0.3 is 0 Å². The average molecular weight is 307 g/mol. The van der Waals surface area contributed by atoms with Crippen LogP contribution in [0.4, 0.5) is 0 Å². The zero-order valence-electron chi connectivity index (χ0n) is 12.6. The summed E-state index contributed by atoms with van der Waals surface area (Å²) in [5, 5.41) is 4.00. The van der Waals surface area contributed by atoms with Gasteiger partial charge in [0.1, 0.15) is 0 Å². The molecular weight excluding hydrogens is 284 g/mol. The molecule has 21 heavy (non-hydrogen) atoms. The van der Waals surface area contributed by atoms with Gasteiger partial charge in [-0.15, -0.1) is 0 Å². The van der Waals surface area contributed by atoms with E-state index in [0.29, 0.717) is 16.0 Å². The smallest absolute Gasteiger partial charge is 0.255 e. The number of halogens is 1. The molecule has 1 amide bonds. The highest BCUT2D eigenvalue weighted by Gasteiger charge is 2.37. The minimum atomic E-state index is 0.0868. The Morgan fingerprint density at radius 3 is 2.48 bits per heavy atom. The summed E-state index contributed by atoms with van der Waals surface area (Å²) in [6, 6.07) is 5.68. The largest absolute Gasteiger partial charge is 0.339 e. The van der Waals surface area contributed by atoms with E-state index >= 15 is 0 Å². The fourth-order valence-electron chi connectivity index (χ4n) is 3.61. The lowest BCUT2D eigenvalue weighted by molar-refractivity contribution is 0.0496. The number of benzene rings is 1. The number of hydrogen-bond acceptors (Lipinski definition) is 2. The van der Waals surface area contributed by atoms with Gasteiger partial charge in [-0.1, -0.05) is 17.7 Å². The zero-order chi connectivity index (χ0) is 14.9. The first-order chi connectivity index (χ1) is 10.1. The predicted octanol–water partition coefficient (Wildman–Crippen LogP) is 3.25. The summed E-state index contributed by atoms with van der Waals surface area (Å²) in [5.41, 5.74) is 2.20. The van der Waals surface area contributed by atoms with Crippen LogP contribution < -0.4 is 5.32 Å². The van der Waals surface area contributed by atoms with Gasteiger partial charge in [0.15, 0.2) is 0 Å². The van der Waals surface area contributed by atoms with E-state index in [1.807, 2.05) is 30.0 Å².